The molecule has 1 saturated carbocycles. The van der Waals surface area contributed by atoms with Crippen LogP contribution >= 0.6 is 0 Å². The molecule has 1 aromatic heterocycles. The lowest BCUT2D eigenvalue weighted by Gasteiger charge is -2.09. The Morgan fingerprint density at radius 2 is 1.95 bits per heavy atom. The number of benzene rings is 1. The molecule has 1 aliphatic rings. The van der Waals surface area contributed by atoms with Gasteiger partial charge >= 0.3 is 0 Å². The van der Waals surface area contributed by atoms with Gasteiger partial charge in [-0.1, -0.05) is 31.2 Å². The van der Waals surface area contributed by atoms with Crippen LogP contribution in [0.5, 0.6) is 0 Å². The topological polar surface area (TPSA) is 75.8 Å². The number of imidazole rings is 1. The highest BCUT2D eigenvalue weighted by Crippen LogP contribution is 2.47. The molecular formula is C16H17N3O2S. The highest BCUT2D eigenvalue weighted by Gasteiger charge is 2.44. The normalized spacial score (nSPS) is 16.2. The minimum atomic E-state index is -3.28. The number of nitriles is 1. The maximum Gasteiger partial charge on any atom is 0.195 e. The minimum absolute atomic E-state index is 0.0512. The second-order valence-corrected chi connectivity index (χ2v) is 7.88. The van der Waals surface area contributed by atoms with Crippen molar-refractivity contribution in [3.63, 3.8) is 0 Å². The Bertz CT molecular complexity index is 854. The predicted molar refractivity (Wildman–Crippen MR) is 82.9 cm³/mol. The Labute approximate surface area is 130 Å². The van der Waals surface area contributed by atoms with E-state index in [0.29, 0.717) is 5.82 Å². The Kier molecular flexibility index (Phi) is 3.33. The molecule has 6 heteroatoms. The number of sulfone groups is 1. The summed E-state index contributed by atoms with van der Waals surface area (Å²) in [6, 6.07) is 10.0. The summed E-state index contributed by atoms with van der Waals surface area (Å²) >= 11 is 0. The third-order valence-corrected chi connectivity index (χ3v) is 6.08. The molecule has 0 N–H and O–H groups in total. The summed E-state index contributed by atoms with van der Waals surface area (Å²) in [6.07, 6.45) is 3.22. The standard InChI is InChI=1S/C16H17N3O2S/c1-3-22(20,21)14-10-18-15(19(14)2)12-4-6-13(7-5-12)16(11-17)8-9-16/h4-7,10H,3,8-9H2,1-2H3. The summed E-state index contributed by atoms with van der Waals surface area (Å²) in [5.74, 6) is 0.663. The van der Waals surface area contributed by atoms with Crippen molar-refractivity contribution < 1.29 is 8.42 Å². The molecular weight excluding hydrogens is 298 g/mol. The van der Waals surface area contributed by atoms with E-state index in [9.17, 15) is 13.7 Å². The summed E-state index contributed by atoms with van der Waals surface area (Å²) in [4.78, 5) is 4.25. The Morgan fingerprint density at radius 3 is 2.45 bits per heavy atom. The van der Waals surface area contributed by atoms with Crippen LogP contribution in [0, 0.1) is 11.3 Å². The molecule has 0 saturated heterocycles. The van der Waals surface area contributed by atoms with Gasteiger partial charge in [0, 0.05) is 12.6 Å². The van der Waals surface area contributed by atoms with Gasteiger partial charge in [-0.05, 0) is 18.4 Å². The van der Waals surface area contributed by atoms with Crippen LogP contribution in [0.2, 0.25) is 0 Å². The van der Waals surface area contributed by atoms with E-state index in [1.165, 1.54) is 6.20 Å². The third-order valence-electron chi connectivity index (χ3n) is 4.30. The van der Waals surface area contributed by atoms with Crippen molar-refractivity contribution >= 4 is 9.84 Å². The summed E-state index contributed by atoms with van der Waals surface area (Å²) in [5.41, 5.74) is 1.56. The van der Waals surface area contributed by atoms with Crippen LogP contribution in [0.15, 0.2) is 35.5 Å². The van der Waals surface area contributed by atoms with Crippen LogP contribution in [0.4, 0.5) is 0 Å². The zero-order valence-electron chi connectivity index (χ0n) is 12.6. The van der Waals surface area contributed by atoms with Gasteiger partial charge in [0.15, 0.2) is 14.9 Å². The van der Waals surface area contributed by atoms with E-state index in [4.69, 9.17) is 0 Å². The molecule has 0 spiro atoms. The van der Waals surface area contributed by atoms with Gasteiger partial charge < -0.3 is 4.57 Å². The first-order chi connectivity index (χ1) is 10.4. The van der Waals surface area contributed by atoms with E-state index in [1.807, 2.05) is 24.3 Å². The Balaban J connectivity index is 1.98. The van der Waals surface area contributed by atoms with Gasteiger partial charge in [0.05, 0.1) is 23.4 Å². The minimum Gasteiger partial charge on any atom is -0.318 e. The van der Waals surface area contributed by atoms with Gasteiger partial charge in [0.25, 0.3) is 0 Å². The summed E-state index contributed by atoms with van der Waals surface area (Å²) in [7, 11) is -1.58. The van der Waals surface area contributed by atoms with Crippen molar-refractivity contribution in [3.8, 4) is 17.5 Å². The van der Waals surface area contributed by atoms with Crippen molar-refractivity contribution in [2.24, 2.45) is 7.05 Å². The van der Waals surface area contributed by atoms with Crippen molar-refractivity contribution in [1.29, 1.82) is 5.26 Å². The molecule has 0 radical (unpaired) electrons. The first-order valence-corrected chi connectivity index (χ1v) is 8.85. The van der Waals surface area contributed by atoms with Gasteiger partial charge in [-0.25, -0.2) is 13.4 Å². The van der Waals surface area contributed by atoms with E-state index in [-0.39, 0.29) is 16.2 Å². The SMILES string of the molecule is CCS(=O)(=O)c1cnc(-c2ccc(C3(C#N)CC3)cc2)n1C. The van der Waals surface area contributed by atoms with E-state index in [1.54, 1.807) is 18.5 Å². The number of rotatable bonds is 4. The van der Waals surface area contributed by atoms with Crippen molar-refractivity contribution in [3.05, 3.63) is 36.0 Å². The fourth-order valence-corrected chi connectivity index (χ4v) is 3.64. The third kappa shape index (κ3) is 2.22. The van der Waals surface area contributed by atoms with Gasteiger partial charge in [0.1, 0.15) is 5.82 Å². The molecule has 0 bridgehead atoms. The maximum atomic E-state index is 12.0. The average molecular weight is 315 g/mol. The van der Waals surface area contributed by atoms with E-state index in [0.717, 1.165) is 24.0 Å². The molecule has 0 unspecified atom stereocenters. The molecule has 2 aromatic rings. The average Bonchev–Trinajstić information content (AvgIpc) is 3.23. The van der Waals surface area contributed by atoms with Gasteiger partial charge in [-0.15, -0.1) is 0 Å². The van der Waals surface area contributed by atoms with E-state index >= 15 is 0 Å². The Hall–Kier alpha value is -2.13. The molecule has 0 amide bonds. The van der Waals surface area contributed by atoms with Crippen molar-refractivity contribution in [1.82, 2.24) is 9.55 Å². The number of hydrogen-bond acceptors (Lipinski definition) is 4. The maximum absolute atomic E-state index is 12.0. The van der Waals surface area contributed by atoms with Crippen LogP contribution in [0.3, 0.4) is 0 Å². The fraction of sp³-hybridized carbons (Fsp3) is 0.375. The highest BCUT2D eigenvalue weighted by molar-refractivity contribution is 7.91. The second kappa shape index (κ2) is 4.96. The predicted octanol–water partition coefficient (Wildman–Crippen LogP) is 2.44. The summed E-state index contributed by atoms with van der Waals surface area (Å²) in [6.45, 7) is 1.62. The number of aromatic nitrogens is 2. The van der Waals surface area contributed by atoms with E-state index < -0.39 is 9.84 Å². The molecule has 1 heterocycles. The van der Waals surface area contributed by atoms with E-state index in [2.05, 4.69) is 11.1 Å². The quantitative estimate of drug-likeness (QED) is 0.868. The van der Waals surface area contributed by atoms with Crippen LogP contribution in [-0.4, -0.2) is 23.7 Å². The number of hydrogen-bond donors (Lipinski definition) is 0. The molecule has 1 aliphatic carbocycles. The molecule has 0 aliphatic heterocycles. The fourth-order valence-electron chi connectivity index (χ4n) is 2.63. The van der Waals surface area contributed by atoms with Gasteiger partial charge in [-0.2, -0.15) is 5.26 Å². The zero-order chi connectivity index (χ0) is 16.0. The van der Waals surface area contributed by atoms with Crippen LogP contribution < -0.4 is 0 Å². The lowest BCUT2D eigenvalue weighted by atomic mass is 9.96. The molecule has 22 heavy (non-hydrogen) atoms. The molecule has 1 aromatic carbocycles. The van der Waals surface area contributed by atoms with Crippen molar-refractivity contribution in [2.45, 2.75) is 30.2 Å². The van der Waals surface area contributed by atoms with Crippen LogP contribution in [0.1, 0.15) is 25.3 Å². The zero-order valence-corrected chi connectivity index (χ0v) is 13.4. The lowest BCUT2D eigenvalue weighted by Crippen LogP contribution is -2.09. The molecule has 5 nitrogen and oxygen atoms in total. The van der Waals surface area contributed by atoms with Crippen LogP contribution in [-0.2, 0) is 22.3 Å². The molecule has 0 atom stereocenters. The monoisotopic (exact) mass is 315 g/mol. The van der Waals surface area contributed by atoms with Gasteiger partial charge in [-0.3, -0.25) is 0 Å². The summed E-state index contributed by atoms with van der Waals surface area (Å²) < 4.78 is 25.6. The summed E-state index contributed by atoms with van der Waals surface area (Å²) in [5, 5.41) is 9.45. The molecule has 3 rings (SSSR count). The number of nitrogens with zero attached hydrogens (tertiary/aromatic N) is 3. The largest absolute Gasteiger partial charge is 0.318 e. The van der Waals surface area contributed by atoms with Gasteiger partial charge in [0.2, 0.25) is 0 Å². The smallest absolute Gasteiger partial charge is 0.195 e. The first-order valence-electron chi connectivity index (χ1n) is 7.20. The van der Waals surface area contributed by atoms with Crippen molar-refractivity contribution in [2.75, 3.05) is 5.75 Å². The highest BCUT2D eigenvalue weighted by atomic mass is 32.2. The van der Waals surface area contributed by atoms with Crippen LogP contribution in [0.25, 0.3) is 11.4 Å². The molecule has 1 fully saturated rings. The Morgan fingerprint density at radius 1 is 1.32 bits per heavy atom. The molecule has 114 valence electrons. The first kappa shape index (κ1) is 14.8. The second-order valence-electron chi connectivity index (χ2n) is 5.65. The lowest BCUT2D eigenvalue weighted by molar-refractivity contribution is 0.587.